The number of unbranched alkanes of at least 4 members (excludes halogenated alkanes) is 8. The van der Waals surface area contributed by atoms with Gasteiger partial charge in [-0.15, -0.1) is 0 Å². The Hall–Kier alpha value is -0.650. The molecular formula is C18H38N2O3. The molecule has 0 aliphatic rings. The van der Waals surface area contributed by atoms with Crippen LogP contribution in [-0.4, -0.2) is 60.4 Å². The van der Waals surface area contributed by atoms with Gasteiger partial charge in [0.2, 0.25) is 5.91 Å². The van der Waals surface area contributed by atoms with Gasteiger partial charge in [0.1, 0.15) is 0 Å². The molecule has 0 aliphatic carbocycles. The van der Waals surface area contributed by atoms with Gasteiger partial charge in [0.25, 0.3) is 0 Å². The molecule has 0 aromatic carbocycles. The smallest absolute Gasteiger partial charge is 0.222 e. The van der Waals surface area contributed by atoms with Crippen LogP contribution in [0.4, 0.5) is 0 Å². The van der Waals surface area contributed by atoms with Gasteiger partial charge >= 0.3 is 0 Å². The molecule has 138 valence electrons. The van der Waals surface area contributed by atoms with E-state index in [1.165, 1.54) is 44.9 Å². The summed E-state index contributed by atoms with van der Waals surface area (Å²) in [5.41, 5.74) is 0. The number of nitrogens with zero attached hydrogens (tertiary/aromatic N) is 1. The van der Waals surface area contributed by atoms with Crippen molar-refractivity contribution in [3.05, 3.63) is 0 Å². The molecule has 0 bridgehead atoms. The second kappa shape index (κ2) is 17.7. The van der Waals surface area contributed by atoms with Crippen LogP contribution >= 0.6 is 0 Å². The molecule has 0 aromatic heterocycles. The fourth-order valence-electron chi connectivity index (χ4n) is 2.64. The third-order valence-corrected chi connectivity index (χ3v) is 4.06. The van der Waals surface area contributed by atoms with Gasteiger partial charge in [-0.3, -0.25) is 4.79 Å². The van der Waals surface area contributed by atoms with Crippen molar-refractivity contribution in [2.45, 2.75) is 71.1 Å². The molecule has 1 amide bonds. The Kier molecular flexibility index (Phi) is 17.2. The van der Waals surface area contributed by atoms with Crippen LogP contribution in [0.1, 0.15) is 71.1 Å². The summed E-state index contributed by atoms with van der Waals surface area (Å²) in [5.74, 6) is 0.132. The van der Waals surface area contributed by atoms with Gasteiger partial charge in [-0.25, -0.2) is 0 Å². The van der Waals surface area contributed by atoms with E-state index in [0.29, 0.717) is 32.6 Å². The second-order valence-corrected chi connectivity index (χ2v) is 6.16. The van der Waals surface area contributed by atoms with Crippen molar-refractivity contribution in [1.82, 2.24) is 10.2 Å². The predicted molar refractivity (Wildman–Crippen MR) is 95.5 cm³/mol. The number of carbonyl (C=O) groups is 1. The minimum absolute atomic E-state index is 0.00347. The highest BCUT2D eigenvalue weighted by molar-refractivity contribution is 5.76. The maximum absolute atomic E-state index is 12.1. The first-order valence-corrected chi connectivity index (χ1v) is 9.46. The van der Waals surface area contributed by atoms with E-state index >= 15 is 0 Å². The third kappa shape index (κ3) is 14.7. The number of hydrogen-bond acceptors (Lipinski definition) is 4. The van der Waals surface area contributed by atoms with Crippen molar-refractivity contribution in [3.8, 4) is 0 Å². The Balaban J connectivity index is 3.61. The summed E-state index contributed by atoms with van der Waals surface area (Å²) in [6.45, 7) is 4.53. The molecule has 0 fully saturated rings. The quantitative estimate of drug-likeness (QED) is 0.358. The van der Waals surface area contributed by atoms with E-state index in [-0.39, 0.29) is 19.1 Å². The zero-order valence-electron chi connectivity index (χ0n) is 15.1. The van der Waals surface area contributed by atoms with E-state index in [0.717, 1.165) is 12.8 Å². The van der Waals surface area contributed by atoms with Crippen LogP contribution < -0.4 is 5.32 Å². The summed E-state index contributed by atoms with van der Waals surface area (Å²) in [6.07, 6.45) is 11.8. The fraction of sp³-hybridized carbons (Fsp3) is 0.944. The number of nitrogens with one attached hydrogen (secondary N) is 1. The Bertz CT molecular complexity index is 263. The van der Waals surface area contributed by atoms with Crippen molar-refractivity contribution < 1.29 is 15.0 Å². The van der Waals surface area contributed by atoms with Crippen molar-refractivity contribution in [2.24, 2.45) is 0 Å². The van der Waals surface area contributed by atoms with Crippen molar-refractivity contribution in [3.63, 3.8) is 0 Å². The number of rotatable bonds is 17. The first kappa shape index (κ1) is 22.4. The van der Waals surface area contributed by atoms with Gasteiger partial charge in [-0.1, -0.05) is 58.3 Å². The zero-order chi connectivity index (χ0) is 17.2. The van der Waals surface area contributed by atoms with Gasteiger partial charge in [-0.05, 0) is 6.42 Å². The number of aliphatic hydroxyl groups is 2. The standard InChI is InChI=1S/C18H38N2O3/c1-2-3-4-5-6-7-8-9-10-11-18(23)20(15-17-22)14-12-19-13-16-21/h19,21-22H,2-17H2,1H3. The summed E-state index contributed by atoms with van der Waals surface area (Å²) < 4.78 is 0. The summed E-state index contributed by atoms with van der Waals surface area (Å²) in [6, 6.07) is 0. The molecular weight excluding hydrogens is 292 g/mol. The Morgan fingerprint density at radius 1 is 0.826 bits per heavy atom. The van der Waals surface area contributed by atoms with Crippen molar-refractivity contribution >= 4 is 5.91 Å². The summed E-state index contributed by atoms with van der Waals surface area (Å²) in [7, 11) is 0. The Morgan fingerprint density at radius 3 is 2.00 bits per heavy atom. The maximum atomic E-state index is 12.1. The van der Waals surface area contributed by atoms with E-state index in [4.69, 9.17) is 10.2 Å². The topological polar surface area (TPSA) is 72.8 Å². The van der Waals surface area contributed by atoms with Gasteiger partial charge in [0.15, 0.2) is 0 Å². The molecule has 0 rings (SSSR count). The minimum Gasteiger partial charge on any atom is -0.395 e. The van der Waals surface area contributed by atoms with E-state index < -0.39 is 0 Å². The molecule has 0 heterocycles. The number of hydrogen-bond donors (Lipinski definition) is 3. The summed E-state index contributed by atoms with van der Waals surface area (Å²) >= 11 is 0. The van der Waals surface area contributed by atoms with Crippen LogP contribution in [0.2, 0.25) is 0 Å². The maximum Gasteiger partial charge on any atom is 0.222 e. The van der Waals surface area contributed by atoms with E-state index in [2.05, 4.69) is 12.2 Å². The van der Waals surface area contributed by atoms with E-state index in [1.807, 2.05) is 0 Å². The molecule has 0 aromatic rings. The lowest BCUT2D eigenvalue weighted by atomic mass is 10.1. The molecule has 5 heteroatoms. The first-order chi connectivity index (χ1) is 11.3. The van der Waals surface area contributed by atoms with Crippen LogP contribution in [0, 0.1) is 0 Å². The highest BCUT2D eigenvalue weighted by atomic mass is 16.3. The molecule has 0 spiro atoms. The van der Waals surface area contributed by atoms with Crippen molar-refractivity contribution in [1.29, 1.82) is 0 Å². The molecule has 23 heavy (non-hydrogen) atoms. The summed E-state index contributed by atoms with van der Waals surface area (Å²) in [4.78, 5) is 13.9. The van der Waals surface area contributed by atoms with Gasteiger partial charge in [0, 0.05) is 32.6 Å². The molecule has 0 aliphatic heterocycles. The molecule has 3 N–H and O–H groups in total. The molecule has 0 radical (unpaired) electrons. The highest BCUT2D eigenvalue weighted by Crippen LogP contribution is 2.11. The summed E-state index contributed by atoms with van der Waals surface area (Å²) in [5, 5.41) is 20.8. The number of carbonyl (C=O) groups excluding carboxylic acids is 1. The molecule has 0 saturated heterocycles. The molecule has 5 nitrogen and oxygen atoms in total. The number of aliphatic hydroxyl groups excluding tert-OH is 2. The van der Waals surface area contributed by atoms with Gasteiger partial charge < -0.3 is 20.4 Å². The molecule has 0 atom stereocenters. The largest absolute Gasteiger partial charge is 0.395 e. The van der Waals surface area contributed by atoms with E-state index in [1.54, 1.807) is 4.90 Å². The van der Waals surface area contributed by atoms with Crippen LogP contribution in [-0.2, 0) is 4.79 Å². The lowest BCUT2D eigenvalue weighted by molar-refractivity contribution is -0.131. The molecule has 0 saturated carbocycles. The van der Waals surface area contributed by atoms with Crippen LogP contribution in [0.25, 0.3) is 0 Å². The average Bonchev–Trinajstić information content (AvgIpc) is 2.56. The predicted octanol–water partition coefficient (Wildman–Crippen LogP) is 2.31. The van der Waals surface area contributed by atoms with Crippen LogP contribution in [0.15, 0.2) is 0 Å². The average molecular weight is 331 g/mol. The highest BCUT2D eigenvalue weighted by Gasteiger charge is 2.11. The fourth-order valence-corrected chi connectivity index (χ4v) is 2.64. The van der Waals surface area contributed by atoms with Gasteiger partial charge in [0.05, 0.1) is 13.2 Å². The van der Waals surface area contributed by atoms with Crippen molar-refractivity contribution in [2.75, 3.05) is 39.4 Å². The normalized spacial score (nSPS) is 10.9. The van der Waals surface area contributed by atoms with Crippen LogP contribution in [0.3, 0.4) is 0 Å². The lowest BCUT2D eigenvalue weighted by Crippen LogP contribution is -2.39. The second-order valence-electron chi connectivity index (χ2n) is 6.16. The molecule has 0 unspecified atom stereocenters. The minimum atomic E-state index is 0.00347. The number of amides is 1. The third-order valence-electron chi connectivity index (χ3n) is 4.06. The Labute approximate surface area is 142 Å². The first-order valence-electron chi connectivity index (χ1n) is 9.46. The van der Waals surface area contributed by atoms with Gasteiger partial charge in [-0.2, -0.15) is 0 Å². The monoisotopic (exact) mass is 330 g/mol. The van der Waals surface area contributed by atoms with E-state index in [9.17, 15) is 4.79 Å². The Morgan fingerprint density at radius 2 is 1.43 bits per heavy atom. The van der Waals surface area contributed by atoms with Crippen LogP contribution in [0.5, 0.6) is 0 Å². The SMILES string of the molecule is CCCCCCCCCCCC(=O)N(CCO)CCNCCO. The lowest BCUT2D eigenvalue weighted by Gasteiger charge is -2.22. The zero-order valence-corrected chi connectivity index (χ0v) is 15.1.